The number of nitrogens with zero attached hydrogens (tertiary/aromatic N) is 7. The highest BCUT2D eigenvalue weighted by atomic mass is 19.3. The van der Waals surface area contributed by atoms with Crippen molar-refractivity contribution in [2.45, 2.75) is 32.4 Å². The topological polar surface area (TPSA) is 149 Å². The summed E-state index contributed by atoms with van der Waals surface area (Å²) in [6.45, 7) is 3.41. The number of hydrogen-bond donors (Lipinski definition) is 2. The van der Waals surface area contributed by atoms with E-state index in [4.69, 9.17) is 0 Å². The van der Waals surface area contributed by atoms with E-state index in [1.807, 2.05) is 4.90 Å². The molecule has 1 aliphatic carbocycles. The second-order valence-electron chi connectivity index (χ2n) is 10.6. The summed E-state index contributed by atoms with van der Waals surface area (Å²) in [7, 11) is 1.44. The lowest BCUT2D eigenvalue weighted by Crippen LogP contribution is -2.41. The highest BCUT2D eigenvalue weighted by Gasteiger charge is 2.71. The summed E-state index contributed by atoms with van der Waals surface area (Å²) in [5, 5.41) is 5.96. The quantitative estimate of drug-likeness (QED) is 0.440. The van der Waals surface area contributed by atoms with E-state index in [1.54, 1.807) is 31.3 Å². The number of amides is 1. The normalized spacial score (nSPS) is 21.5. The van der Waals surface area contributed by atoms with Gasteiger partial charge in [-0.2, -0.15) is 0 Å². The number of halogens is 2. The van der Waals surface area contributed by atoms with Crippen LogP contribution in [-0.2, 0) is 23.2 Å². The molecule has 3 atom stereocenters. The second kappa shape index (κ2) is 9.45. The largest absolute Gasteiger partial charge is 0.375 e. The number of amidine groups is 1. The molecule has 3 aromatic heterocycles. The van der Waals surface area contributed by atoms with Gasteiger partial charge in [0.15, 0.2) is 11.2 Å². The van der Waals surface area contributed by atoms with Gasteiger partial charge in [-0.3, -0.25) is 23.5 Å². The SMILES string of the molecule is CC(=O)Cn1c(=O)c2c(ncn2[C@@H](C)C(=O)Nc2cccc(C3=CN=C(N4CC5C(C4)C5(F)F)CN3)n2)n(C)c1=O. The van der Waals surface area contributed by atoms with Gasteiger partial charge < -0.3 is 20.1 Å². The van der Waals surface area contributed by atoms with Crippen LogP contribution in [0.25, 0.3) is 16.9 Å². The molecule has 15 heteroatoms. The number of carbonyl (C=O) groups is 2. The predicted molar refractivity (Wildman–Crippen MR) is 144 cm³/mol. The van der Waals surface area contributed by atoms with Crippen molar-refractivity contribution in [2.75, 3.05) is 25.0 Å². The second-order valence-corrected chi connectivity index (χ2v) is 10.6. The van der Waals surface area contributed by atoms with Crippen LogP contribution in [-0.4, -0.2) is 71.7 Å². The third-order valence-electron chi connectivity index (χ3n) is 7.86. The van der Waals surface area contributed by atoms with Gasteiger partial charge in [-0.15, -0.1) is 0 Å². The number of piperidine rings is 1. The average molecular weight is 568 g/mol. The number of imidazole rings is 1. The minimum Gasteiger partial charge on any atom is -0.375 e. The van der Waals surface area contributed by atoms with Gasteiger partial charge in [0.2, 0.25) is 5.91 Å². The Hall–Kier alpha value is -4.69. The molecule has 1 saturated carbocycles. The zero-order valence-corrected chi connectivity index (χ0v) is 22.5. The number of aromatic nitrogens is 5. The van der Waals surface area contributed by atoms with Crippen LogP contribution in [0.15, 0.2) is 45.3 Å². The number of aryl methyl sites for hydroxylation is 1. The van der Waals surface area contributed by atoms with E-state index in [0.717, 1.165) is 9.13 Å². The van der Waals surface area contributed by atoms with Crippen molar-refractivity contribution < 1.29 is 18.4 Å². The van der Waals surface area contributed by atoms with Gasteiger partial charge in [-0.05, 0) is 26.0 Å². The van der Waals surface area contributed by atoms with Crippen LogP contribution in [0.3, 0.4) is 0 Å². The molecule has 2 unspecified atom stereocenters. The molecule has 0 bridgehead atoms. The molecule has 2 N–H and O–H groups in total. The minimum atomic E-state index is -2.55. The summed E-state index contributed by atoms with van der Waals surface area (Å²) < 4.78 is 30.4. The lowest BCUT2D eigenvalue weighted by Gasteiger charge is -2.26. The lowest BCUT2D eigenvalue weighted by molar-refractivity contribution is -0.119. The van der Waals surface area contributed by atoms with Gasteiger partial charge in [0, 0.05) is 20.1 Å². The molecule has 41 heavy (non-hydrogen) atoms. The first-order valence-electron chi connectivity index (χ1n) is 13.0. The Kier molecular flexibility index (Phi) is 6.12. The highest BCUT2D eigenvalue weighted by Crippen LogP contribution is 2.59. The van der Waals surface area contributed by atoms with Crippen LogP contribution in [0.5, 0.6) is 0 Å². The number of nitrogens with one attached hydrogen (secondary N) is 2. The number of rotatable bonds is 6. The summed E-state index contributed by atoms with van der Waals surface area (Å²) >= 11 is 0. The number of fused-ring (bicyclic) bond motifs is 2. The summed E-state index contributed by atoms with van der Waals surface area (Å²) in [6, 6.07) is 4.15. The first kappa shape index (κ1) is 26.5. The van der Waals surface area contributed by atoms with E-state index >= 15 is 0 Å². The Morgan fingerprint density at radius 1 is 1.22 bits per heavy atom. The number of anilines is 1. The molecule has 5 heterocycles. The van der Waals surface area contributed by atoms with E-state index in [9.17, 15) is 28.0 Å². The maximum absolute atomic E-state index is 13.5. The Labute approximate surface area is 231 Å². The molecule has 3 aliphatic rings. The van der Waals surface area contributed by atoms with Crippen molar-refractivity contribution in [1.29, 1.82) is 0 Å². The van der Waals surface area contributed by atoms with E-state index in [-0.39, 0.29) is 22.8 Å². The molecular weight excluding hydrogens is 540 g/mol. The van der Waals surface area contributed by atoms with Gasteiger partial charge in [0.05, 0.1) is 48.8 Å². The number of carbonyl (C=O) groups excluding carboxylic acids is 2. The smallest absolute Gasteiger partial charge is 0.332 e. The Morgan fingerprint density at radius 2 is 1.95 bits per heavy atom. The molecule has 0 aromatic carbocycles. The first-order chi connectivity index (χ1) is 19.5. The maximum atomic E-state index is 13.5. The van der Waals surface area contributed by atoms with Crippen molar-refractivity contribution in [3.63, 3.8) is 0 Å². The van der Waals surface area contributed by atoms with E-state index < -0.39 is 47.5 Å². The van der Waals surface area contributed by atoms with E-state index in [2.05, 4.69) is 25.6 Å². The molecular formula is C26H27F2N9O4. The van der Waals surface area contributed by atoms with Crippen LogP contribution in [0.1, 0.15) is 25.6 Å². The number of aliphatic imine (C=N–C) groups is 1. The number of alkyl halides is 2. The zero-order chi connectivity index (χ0) is 29.2. The Balaban J connectivity index is 1.19. The van der Waals surface area contributed by atoms with Crippen LogP contribution in [0, 0.1) is 11.8 Å². The van der Waals surface area contributed by atoms with Gasteiger partial charge >= 0.3 is 5.69 Å². The maximum Gasteiger partial charge on any atom is 0.332 e. The van der Waals surface area contributed by atoms with E-state index in [0.29, 0.717) is 36.9 Å². The van der Waals surface area contributed by atoms with Crippen molar-refractivity contribution in [3.05, 3.63) is 57.3 Å². The van der Waals surface area contributed by atoms with Gasteiger partial charge in [-0.1, -0.05) is 6.07 Å². The first-order valence-corrected chi connectivity index (χ1v) is 13.0. The molecule has 1 saturated heterocycles. The minimum absolute atomic E-state index is 0.0157. The monoisotopic (exact) mass is 567 g/mol. The van der Waals surface area contributed by atoms with Crippen LogP contribution in [0.2, 0.25) is 0 Å². The molecule has 3 aromatic rings. The average Bonchev–Trinajstić information content (AvgIpc) is 3.38. The highest BCUT2D eigenvalue weighted by molar-refractivity contribution is 5.94. The van der Waals surface area contributed by atoms with Gasteiger partial charge in [0.25, 0.3) is 11.5 Å². The number of likely N-dealkylation sites (tertiary alicyclic amines) is 1. The van der Waals surface area contributed by atoms with E-state index in [1.165, 1.54) is 24.9 Å². The lowest BCUT2D eigenvalue weighted by atomic mass is 10.2. The fourth-order valence-electron chi connectivity index (χ4n) is 5.43. The molecule has 2 aliphatic heterocycles. The van der Waals surface area contributed by atoms with Crippen LogP contribution < -0.4 is 21.9 Å². The summed E-state index contributed by atoms with van der Waals surface area (Å²) in [5.41, 5.74) is -0.159. The molecule has 13 nitrogen and oxygen atoms in total. The third kappa shape index (κ3) is 4.40. The molecule has 1 amide bonds. The number of pyridine rings is 1. The summed E-state index contributed by atoms with van der Waals surface area (Å²) in [5.74, 6) is -3.64. The summed E-state index contributed by atoms with van der Waals surface area (Å²) in [6.07, 6.45) is 2.89. The fraction of sp³-hybridized carbons (Fsp3) is 0.423. The molecule has 0 spiro atoms. The number of Topliss-reactive ketones (excluding diaryl/α,β-unsaturated/α-hetero) is 1. The van der Waals surface area contributed by atoms with Crippen molar-refractivity contribution in [2.24, 2.45) is 23.9 Å². The van der Waals surface area contributed by atoms with Gasteiger partial charge in [-0.25, -0.2) is 28.5 Å². The van der Waals surface area contributed by atoms with Gasteiger partial charge in [0.1, 0.15) is 23.5 Å². The number of hydrogen-bond acceptors (Lipinski definition) is 9. The summed E-state index contributed by atoms with van der Waals surface area (Å²) in [4.78, 5) is 65.5. The Morgan fingerprint density at radius 3 is 2.61 bits per heavy atom. The molecule has 214 valence electrons. The Bertz CT molecular complexity index is 1770. The van der Waals surface area contributed by atoms with Crippen molar-refractivity contribution >= 4 is 40.2 Å². The fourth-order valence-corrected chi connectivity index (χ4v) is 5.43. The van der Waals surface area contributed by atoms with Crippen molar-refractivity contribution in [3.8, 4) is 0 Å². The van der Waals surface area contributed by atoms with Crippen LogP contribution >= 0.6 is 0 Å². The van der Waals surface area contributed by atoms with Crippen LogP contribution in [0.4, 0.5) is 14.6 Å². The zero-order valence-electron chi connectivity index (χ0n) is 22.5. The molecule has 0 radical (unpaired) electrons. The molecule has 2 fully saturated rings. The predicted octanol–water partition coefficient (Wildman–Crippen LogP) is 0.577. The van der Waals surface area contributed by atoms with Crippen molar-refractivity contribution in [1.82, 2.24) is 33.9 Å². The number of ketones is 1. The molecule has 6 rings (SSSR count). The third-order valence-corrected chi connectivity index (χ3v) is 7.86. The standard InChI is InChI=1S/C26H27F2N9O4/c1-13(38)9-36-24(40)21-22(34(3)25(36)41)31-12-37(21)14(2)23(39)33-19-6-4-5-17(32-19)18-7-30-20(8-29-18)35-10-15-16(11-35)26(15,27)28/h4-7,12,14-16,29H,8-11H2,1-3H3,(H,32,33,39)/t14-,15?,16?/m0/s1.